The van der Waals surface area contributed by atoms with Gasteiger partial charge in [0.05, 0.1) is 7.11 Å². The number of hydrogen-bond acceptors (Lipinski definition) is 3. The zero-order valence-electron chi connectivity index (χ0n) is 7.98. The SMILES string of the molecule is COC(=O)[C@@H]1CC2(CN1)CC(F)(F)C2. The summed E-state index contributed by atoms with van der Waals surface area (Å²) in [7, 11) is 1.31. The lowest BCUT2D eigenvalue weighted by Crippen LogP contribution is -2.47. The van der Waals surface area contributed by atoms with Gasteiger partial charge in [-0.1, -0.05) is 0 Å². The number of halogens is 2. The molecule has 0 aromatic heterocycles. The standard InChI is InChI=1S/C9H13F2NO2/c1-14-7(13)6-2-8(5-12-6)3-9(10,11)4-8/h6,12H,2-5H2,1H3/t6-/m0/s1. The van der Waals surface area contributed by atoms with Crippen molar-refractivity contribution in [3.05, 3.63) is 0 Å². The van der Waals surface area contributed by atoms with E-state index in [1.165, 1.54) is 7.11 Å². The van der Waals surface area contributed by atoms with Crippen molar-refractivity contribution in [3.63, 3.8) is 0 Å². The van der Waals surface area contributed by atoms with Crippen LogP contribution < -0.4 is 5.32 Å². The Balaban J connectivity index is 1.93. The number of carbonyl (C=O) groups is 1. The number of carbonyl (C=O) groups excluding carboxylic acids is 1. The van der Waals surface area contributed by atoms with E-state index in [0.717, 1.165) is 0 Å². The molecule has 0 bridgehead atoms. The maximum Gasteiger partial charge on any atom is 0.322 e. The smallest absolute Gasteiger partial charge is 0.322 e. The van der Waals surface area contributed by atoms with E-state index in [1.54, 1.807) is 0 Å². The molecule has 0 amide bonds. The zero-order chi connectivity index (χ0) is 10.4. The van der Waals surface area contributed by atoms with Crippen LogP contribution in [0.15, 0.2) is 0 Å². The molecule has 1 heterocycles. The van der Waals surface area contributed by atoms with E-state index in [1.807, 2.05) is 0 Å². The minimum Gasteiger partial charge on any atom is -0.468 e. The Bertz CT molecular complexity index is 260. The van der Waals surface area contributed by atoms with Gasteiger partial charge in [0.2, 0.25) is 5.92 Å². The van der Waals surface area contributed by atoms with Crippen LogP contribution in [-0.4, -0.2) is 31.6 Å². The summed E-state index contributed by atoms with van der Waals surface area (Å²) in [5, 5.41) is 2.93. The van der Waals surface area contributed by atoms with Crippen LogP contribution >= 0.6 is 0 Å². The van der Waals surface area contributed by atoms with Gasteiger partial charge in [0, 0.05) is 19.4 Å². The Morgan fingerprint density at radius 2 is 2.14 bits per heavy atom. The van der Waals surface area contributed by atoms with Gasteiger partial charge in [0.15, 0.2) is 0 Å². The first-order chi connectivity index (χ1) is 6.46. The van der Waals surface area contributed by atoms with Crippen molar-refractivity contribution in [2.75, 3.05) is 13.7 Å². The summed E-state index contributed by atoms with van der Waals surface area (Å²) < 4.78 is 30.0. The van der Waals surface area contributed by atoms with Gasteiger partial charge >= 0.3 is 5.97 Å². The van der Waals surface area contributed by atoms with E-state index in [2.05, 4.69) is 10.1 Å². The van der Waals surface area contributed by atoms with E-state index in [0.29, 0.717) is 13.0 Å². The van der Waals surface area contributed by atoms with E-state index >= 15 is 0 Å². The fraction of sp³-hybridized carbons (Fsp3) is 0.889. The first-order valence-electron chi connectivity index (χ1n) is 4.65. The minimum atomic E-state index is -2.52. The average molecular weight is 205 g/mol. The predicted octanol–water partition coefficient (Wildman–Crippen LogP) is 0.937. The monoisotopic (exact) mass is 205 g/mol. The summed E-state index contributed by atoms with van der Waals surface area (Å²) in [4.78, 5) is 11.1. The number of ether oxygens (including phenoxy) is 1. The molecule has 80 valence electrons. The van der Waals surface area contributed by atoms with Crippen molar-refractivity contribution in [1.82, 2.24) is 5.32 Å². The van der Waals surface area contributed by atoms with Crippen LogP contribution in [-0.2, 0) is 9.53 Å². The highest BCUT2D eigenvalue weighted by Crippen LogP contribution is 2.56. The number of nitrogens with one attached hydrogen (secondary N) is 1. The number of rotatable bonds is 1. The molecular weight excluding hydrogens is 192 g/mol. The molecule has 1 saturated carbocycles. The average Bonchev–Trinajstić information content (AvgIpc) is 2.45. The Kier molecular flexibility index (Phi) is 2.03. The van der Waals surface area contributed by atoms with Gasteiger partial charge in [0.1, 0.15) is 6.04 Å². The van der Waals surface area contributed by atoms with Crippen molar-refractivity contribution in [3.8, 4) is 0 Å². The molecule has 2 rings (SSSR count). The van der Waals surface area contributed by atoms with Gasteiger partial charge in [-0.15, -0.1) is 0 Å². The number of methoxy groups -OCH3 is 1. The topological polar surface area (TPSA) is 38.3 Å². The lowest BCUT2D eigenvalue weighted by molar-refractivity contribution is -0.157. The molecule has 2 fully saturated rings. The normalized spacial score (nSPS) is 32.6. The van der Waals surface area contributed by atoms with E-state index in [9.17, 15) is 13.6 Å². The Morgan fingerprint density at radius 3 is 2.64 bits per heavy atom. The highest BCUT2D eigenvalue weighted by molar-refractivity contribution is 5.76. The second-order valence-electron chi connectivity index (χ2n) is 4.37. The van der Waals surface area contributed by atoms with Crippen molar-refractivity contribution < 1.29 is 18.3 Å². The third-order valence-corrected chi connectivity index (χ3v) is 3.11. The molecule has 1 N–H and O–H groups in total. The highest BCUT2D eigenvalue weighted by Gasteiger charge is 2.59. The molecule has 0 aromatic carbocycles. The lowest BCUT2D eigenvalue weighted by atomic mass is 9.65. The van der Waals surface area contributed by atoms with E-state index in [-0.39, 0.29) is 24.2 Å². The molecule has 1 spiro atoms. The van der Waals surface area contributed by atoms with Gasteiger partial charge < -0.3 is 10.1 Å². The van der Waals surface area contributed by atoms with Crippen LogP contribution in [0.4, 0.5) is 8.78 Å². The Morgan fingerprint density at radius 1 is 1.50 bits per heavy atom. The molecule has 0 radical (unpaired) electrons. The van der Waals surface area contributed by atoms with Crippen LogP contribution in [0.1, 0.15) is 19.3 Å². The van der Waals surface area contributed by atoms with Gasteiger partial charge in [-0.3, -0.25) is 4.79 Å². The third-order valence-electron chi connectivity index (χ3n) is 3.11. The van der Waals surface area contributed by atoms with E-state index < -0.39 is 12.0 Å². The largest absolute Gasteiger partial charge is 0.468 e. The number of esters is 1. The van der Waals surface area contributed by atoms with Crippen LogP contribution in [0.5, 0.6) is 0 Å². The van der Waals surface area contributed by atoms with Gasteiger partial charge in [-0.2, -0.15) is 0 Å². The second kappa shape index (κ2) is 2.89. The lowest BCUT2D eigenvalue weighted by Gasteiger charge is -2.44. The third kappa shape index (κ3) is 1.49. The van der Waals surface area contributed by atoms with E-state index in [4.69, 9.17) is 0 Å². The molecule has 2 aliphatic rings. The summed E-state index contributed by atoms with van der Waals surface area (Å²) in [6.07, 6.45) is 0.288. The molecule has 1 atom stereocenters. The van der Waals surface area contributed by atoms with Gasteiger partial charge in [-0.05, 0) is 11.8 Å². The highest BCUT2D eigenvalue weighted by atomic mass is 19.3. The predicted molar refractivity (Wildman–Crippen MR) is 45.0 cm³/mol. The first-order valence-corrected chi connectivity index (χ1v) is 4.65. The molecule has 1 saturated heterocycles. The summed E-state index contributed by atoms with van der Waals surface area (Å²) >= 11 is 0. The fourth-order valence-electron chi connectivity index (χ4n) is 2.54. The maximum absolute atomic E-state index is 12.7. The second-order valence-corrected chi connectivity index (χ2v) is 4.37. The number of hydrogen-bond donors (Lipinski definition) is 1. The summed E-state index contributed by atoms with van der Waals surface area (Å²) in [5.41, 5.74) is -0.359. The minimum absolute atomic E-state index is 0.0967. The van der Waals surface area contributed by atoms with Gasteiger partial charge in [-0.25, -0.2) is 8.78 Å². The summed E-state index contributed by atoms with van der Waals surface area (Å²) in [5.74, 6) is -2.87. The van der Waals surface area contributed by atoms with Crippen molar-refractivity contribution in [2.45, 2.75) is 31.2 Å². The molecule has 5 heteroatoms. The van der Waals surface area contributed by atoms with Crippen LogP contribution in [0.25, 0.3) is 0 Å². The van der Waals surface area contributed by atoms with Crippen molar-refractivity contribution in [2.24, 2.45) is 5.41 Å². The number of alkyl halides is 2. The Hall–Kier alpha value is -0.710. The summed E-state index contributed by atoms with van der Waals surface area (Å²) in [6, 6.07) is -0.393. The molecule has 1 aliphatic heterocycles. The zero-order valence-corrected chi connectivity index (χ0v) is 7.98. The molecule has 0 unspecified atom stereocenters. The van der Waals surface area contributed by atoms with Crippen LogP contribution in [0.2, 0.25) is 0 Å². The van der Waals surface area contributed by atoms with Crippen molar-refractivity contribution >= 4 is 5.97 Å². The molecular formula is C9H13F2NO2. The summed E-state index contributed by atoms with van der Waals surface area (Å²) in [6.45, 7) is 0.502. The quantitative estimate of drug-likeness (QED) is 0.647. The van der Waals surface area contributed by atoms with Crippen molar-refractivity contribution in [1.29, 1.82) is 0 Å². The van der Waals surface area contributed by atoms with Gasteiger partial charge in [0.25, 0.3) is 0 Å². The molecule has 0 aromatic rings. The maximum atomic E-state index is 12.7. The fourth-order valence-corrected chi connectivity index (χ4v) is 2.54. The molecule has 1 aliphatic carbocycles. The molecule has 14 heavy (non-hydrogen) atoms. The Labute approximate surface area is 80.8 Å². The van der Waals surface area contributed by atoms with Crippen LogP contribution in [0.3, 0.4) is 0 Å². The van der Waals surface area contributed by atoms with Crippen LogP contribution in [0, 0.1) is 5.41 Å². The molecule has 3 nitrogen and oxygen atoms in total. The first kappa shape index (κ1) is 9.83.